The summed E-state index contributed by atoms with van der Waals surface area (Å²) in [4.78, 5) is 34.7. The van der Waals surface area contributed by atoms with E-state index in [0.29, 0.717) is 0 Å². The van der Waals surface area contributed by atoms with E-state index in [1.54, 1.807) is 6.92 Å². The summed E-state index contributed by atoms with van der Waals surface area (Å²) in [6.45, 7) is 3.08. The van der Waals surface area contributed by atoms with Gasteiger partial charge in [0.15, 0.2) is 0 Å². The van der Waals surface area contributed by atoms with Gasteiger partial charge in [-0.05, 0) is 13.8 Å². The third-order valence-electron chi connectivity index (χ3n) is 2.51. The minimum Gasteiger partial charge on any atom is -0.481 e. The highest BCUT2D eigenvalue weighted by atomic mass is 32.2. The first-order chi connectivity index (χ1) is 6.95. The molecule has 1 N–H and O–H groups in total. The summed E-state index contributed by atoms with van der Waals surface area (Å²) in [6.07, 6.45) is 0. The highest BCUT2D eigenvalue weighted by Gasteiger charge is 2.35. The van der Waals surface area contributed by atoms with Crippen LogP contribution in [0.5, 0.6) is 0 Å². The van der Waals surface area contributed by atoms with Crippen molar-refractivity contribution in [3.63, 3.8) is 0 Å². The number of carbonyl (C=O) groups excluding carboxylic acids is 2. The molecule has 1 saturated heterocycles. The Morgan fingerprint density at radius 2 is 1.80 bits per heavy atom. The van der Waals surface area contributed by atoms with Gasteiger partial charge in [0.1, 0.15) is 0 Å². The molecule has 1 heterocycles. The van der Waals surface area contributed by atoms with E-state index < -0.39 is 17.9 Å². The Morgan fingerprint density at radius 3 is 2.20 bits per heavy atom. The standard InChI is InChI=1S/C9H13NO4S/c1-5(9(13)14)6(2)10-7(11)3-15-4-8(10)12/h5-6H,3-4H2,1-2H3,(H,13,14). The number of aliphatic carboxylic acids is 1. The van der Waals surface area contributed by atoms with Gasteiger partial charge in [-0.15, -0.1) is 11.8 Å². The number of carbonyl (C=O) groups is 3. The Morgan fingerprint density at radius 1 is 1.33 bits per heavy atom. The van der Waals surface area contributed by atoms with E-state index in [0.717, 1.165) is 4.90 Å². The second-order valence-electron chi connectivity index (χ2n) is 3.52. The Bertz CT molecular complexity index is 288. The number of amides is 2. The van der Waals surface area contributed by atoms with Crippen LogP contribution in [0.2, 0.25) is 0 Å². The molecule has 0 aromatic carbocycles. The molecule has 2 atom stereocenters. The molecule has 5 nitrogen and oxygen atoms in total. The zero-order valence-corrected chi connectivity index (χ0v) is 9.41. The van der Waals surface area contributed by atoms with Crippen molar-refractivity contribution in [2.45, 2.75) is 19.9 Å². The van der Waals surface area contributed by atoms with Gasteiger partial charge in [0, 0.05) is 6.04 Å². The van der Waals surface area contributed by atoms with E-state index in [4.69, 9.17) is 5.11 Å². The molecule has 0 bridgehead atoms. The molecule has 1 aliphatic rings. The fourth-order valence-electron chi connectivity index (χ4n) is 1.39. The van der Waals surface area contributed by atoms with E-state index in [1.165, 1.54) is 18.7 Å². The van der Waals surface area contributed by atoms with Crippen molar-refractivity contribution in [1.82, 2.24) is 4.90 Å². The molecule has 1 rings (SSSR count). The fraction of sp³-hybridized carbons (Fsp3) is 0.667. The molecule has 2 unspecified atom stereocenters. The summed E-state index contributed by atoms with van der Waals surface area (Å²) in [6, 6.07) is -0.580. The molecule has 0 radical (unpaired) electrons. The first-order valence-corrected chi connectivity index (χ1v) is 5.76. The normalized spacial score (nSPS) is 21.3. The Labute approximate surface area is 91.8 Å². The van der Waals surface area contributed by atoms with Gasteiger partial charge in [-0.3, -0.25) is 19.3 Å². The van der Waals surface area contributed by atoms with Crippen LogP contribution >= 0.6 is 11.8 Å². The van der Waals surface area contributed by atoms with Crippen LogP contribution in [0.4, 0.5) is 0 Å². The van der Waals surface area contributed by atoms with Crippen LogP contribution in [0.1, 0.15) is 13.8 Å². The molecule has 0 aromatic heterocycles. The molecule has 1 fully saturated rings. The van der Waals surface area contributed by atoms with Crippen molar-refractivity contribution in [3.05, 3.63) is 0 Å². The van der Waals surface area contributed by atoms with Gasteiger partial charge < -0.3 is 5.11 Å². The van der Waals surface area contributed by atoms with Gasteiger partial charge in [-0.2, -0.15) is 0 Å². The van der Waals surface area contributed by atoms with E-state index in [1.807, 2.05) is 0 Å². The van der Waals surface area contributed by atoms with E-state index >= 15 is 0 Å². The first-order valence-electron chi connectivity index (χ1n) is 4.60. The van der Waals surface area contributed by atoms with Crippen LogP contribution < -0.4 is 0 Å². The number of hydrogen-bond donors (Lipinski definition) is 1. The maximum absolute atomic E-state index is 11.5. The van der Waals surface area contributed by atoms with E-state index in [9.17, 15) is 14.4 Å². The van der Waals surface area contributed by atoms with Crippen molar-refractivity contribution >= 4 is 29.5 Å². The number of carboxylic acid groups (broad SMARTS) is 1. The summed E-state index contributed by atoms with van der Waals surface area (Å²) in [5.74, 6) is -1.82. The molecular formula is C9H13NO4S. The number of thioether (sulfide) groups is 1. The Kier molecular flexibility index (Phi) is 3.73. The molecule has 1 aliphatic heterocycles. The summed E-state index contributed by atoms with van der Waals surface area (Å²) in [5.41, 5.74) is 0. The largest absolute Gasteiger partial charge is 0.481 e. The van der Waals surface area contributed by atoms with Crippen molar-refractivity contribution in [2.75, 3.05) is 11.5 Å². The summed E-state index contributed by atoms with van der Waals surface area (Å²) in [5, 5.41) is 8.80. The molecular weight excluding hydrogens is 218 g/mol. The van der Waals surface area contributed by atoms with Gasteiger partial charge >= 0.3 is 5.97 Å². The van der Waals surface area contributed by atoms with Crippen LogP contribution in [0.25, 0.3) is 0 Å². The molecule has 0 saturated carbocycles. The topological polar surface area (TPSA) is 74.7 Å². The number of carboxylic acids is 1. The van der Waals surface area contributed by atoms with E-state index in [2.05, 4.69) is 0 Å². The molecule has 0 aromatic rings. The lowest BCUT2D eigenvalue weighted by Crippen LogP contribution is -2.51. The lowest BCUT2D eigenvalue weighted by atomic mass is 10.0. The zero-order chi connectivity index (χ0) is 11.6. The second kappa shape index (κ2) is 4.65. The van der Waals surface area contributed by atoms with Gasteiger partial charge in [0.2, 0.25) is 11.8 Å². The third kappa shape index (κ3) is 2.50. The van der Waals surface area contributed by atoms with Crippen LogP contribution in [0.3, 0.4) is 0 Å². The number of nitrogens with zero attached hydrogens (tertiary/aromatic N) is 1. The molecule has 6 heteroatoms. The zero-order valence-electron chi connectivity index (χ0n) is 8.60. The second-order valence-corrected chi connectivity index (χ2v) is 4.50. The third-order valence-corrected chi connectivity index (χ3v) is 3.41. The Hall–Kier alpha value is -1.04. The van der Waals surface area contributed by atoms with Crippen molar-refractivity contribution in [1.29, 1.82) is 0 Å². The van der Waals surface area contributed by atoms with Crippen LogP contribution in [-0.2, 0) is 14.4 Å². The minimum absolute atomic E-state index is 0.252. The van der Waals surface area contributed by atoms with E-state index in [-0.39, 0.29) is 23.3 Å². The number of imide groups is 1. The van der Waals surface area contributed by atoms with Crippen LogP contribution in [0, 0.1) is 5.92 Å². The quantitative estimate of drug-likeness (QED) is 0.702. The summed E-state index contributed by atoms with van der Waals surface area (Å²) < 4.78 is 0. The van der Waals surface area contributed by atoms with Crippen molar-refractivity contribution < 1.29 is 19.5 Å². The summed E-state index contributed by atoms with van der Waals surface area (Å²) in [7, 11) is 0. The predicted molar refractivity (Wildman–Crippen MR) is 55.4 cm³/mol. The number of rotatable bonds is 3. The van der Waals surface area contributed by atoms with Gasteiger partial charge in [0.05, 0.1) is 17.4 Å². The highest BCUT2D eigenvalue weighted by molar-refractivity contribution is 8.00. The van der Waals surface area contributed by atoms with Crippen molar-refractivity contribution in [3.8, 4) is 0 Å². The highest BCUT2D eigenvalue weighted by Crippen LogP contribution is 2.19. The average molecular weight is 231 g/mol. The van der Waals surface area contributed by atoms with Crippen LogP contribution in [-0.4, -0.2) is 45.3 Å². The lowest BCUT2D eigenvalue weighted by Gasteiger charge is -2.32. The van der Waals surface area contributed by atoms with Crippen molar-refractivity contribution in [2.24, 2.45) is 5.92 Å². The van der Waals surface area contributed by atoms with Gasteiger partial charge in [-0.1, -0.05) is 0 Å². The van der Waals surface area contributed by atoms with Gasteiger partial charge in [0.25, 0.3) is 0 Å². The number of hydrogen-bond acceptors (Lipinski definition) is 4. The molecule has 0 aliphatic carbocycles. The van der Waals surface area contributed by atoms with Gasteiger partial charge in [-0.25, -0.2) is 0 Å². The first kappa shape index (κ1) is 12.0. The SMILES string of the molecule is CC(C(=O)O)C(C)N1C(=O)CSCC1=O. The molecule has 0 spiro atoms. The maximum Gasteiger partial charge on any atom is 0.308 e. The minimum atomic E-state index is -0.999. The molecule has 84 valence electrons. The molecule has 2 amide bonds. The predicted octanol–water partition coefficient (Wildman–Crippen LogP) is 0.198. The Balaban J connectivity index is 2.80. The monoisotopic (exact) mass is 231 g/mol. The average Bonchev–Trinajstić information content (AvgIpc) is 2.15. The fourth-order valence-corrected chi connectivity index (χ4v) is 2.12. The lowest BCUT2D eigenvalue weighted by molar-refractivity contribution is -0.150. The smallest absolute Gasteiger partial charge is 0.308 e. The maximum atomic E-state index is 11.5. The van der Waals surface area contributed by atoms with Crippen LogP contribution in [0.15, 0.2) is 0 Å². The molecule has 15 heavy (non-hydrogen) atoms. The summed E-state index contributed by atoms with van der Waals surface area (Å²) >= 11 is 1.26.